The van der Waals surface area contributed by atoms with E-state index in [1.165, 1.54) is 103 Å². The smallest absolute Gasteiger partial charge is 0.361 e. The molecule has 2 unspecified atom stereocenters. The van der Waals surface area contributed by atoms with Crippen molar-refractivity contribution in [3.8, 4) is 0 Å². The predicted molar refractivity (Wildman–Crippen MR) is 309 cm³/mol. The lowest BCUT2D eigenvalue weighted by Crippen LogP contribution is -2.40. The number of carboxylic acids is 1. The Labute approximate surface area is 448 Å². The molecule has 0 rings (SSSR count). The molecule has 0 aliphatic heterocycles. The lowest BCUT2D eigenvalue weighted by Gasteiger charge is -2.25. The molecular weight excluding hydrogens is 911 g/mol. The summed E-state index contributed by atoms with van der Waals surface area (Å²) < 4.78 is 22.9. The molecular formula is C64H110NO8+. The monoisotopic (exact) mass is 1020 g/mol. The summed E-state index contributed by atoms with van der Waals surface area (Å²) in [6.45, 7) is 4.72. The van der Waals surface area contributed by atoms with Crippen molar-refractivity contribution in [1.29, 1.82) is 0 Å². The number of aliphatic carboxylic acids is 1. The topological polar surface area (TPSA) is 108 Å². The molecule has 0 aliphatic carbocycles. The Morgan fingerprint density at radius 2 is 0.781 bits per heavy atom. The van der Waals surface area contributed by atoms with Crippen LogP contribution in [0.3, 0.4) is 0 Å². The summed E-state index contributed by atoms with van der Waals surface area (Å²) >= 11 is 0. The number of carbonyl (C=O) groups excluding carboxylic acids is 2. The minimum Gasteiger partial charge on any atom is -0.477 e. The molecule has 0 amide bonds. The fourth-order valence-corrected chi connectivity index (χ4v) is 7.81. The molecule has 0 aliphatic rings. The van der Waals surface area contributed by atoms with Gasteiger partial charge in [-0.05, 0) is 96.3 Å². The van der Waals surface area contributed by atoms with Crippen LogP contribution in [-0.4, -0.2) is 87.4 Å². The number of likely N-dealkylation sites (N-methyl/N-ethyl adjacent to an activating group) is 1. The third kappa shape index (κ3) is 55.8. The Bertz CT molecular complexity index is 1520. The zero-order valence-corrected chi connectivity index (χ0v) is 47.5. The maximum absolute atomic E-state index is 12.9. The van der Waals surface area contributed by atoms with Crippen molar-refractivity contribution in [2.24, 2.45) is 0 Å². The second-order valence-corrected chi connectivity index (χ2v) is 20.6. The SMILES string of the molecule is CC/C=C\C/C=C\C/C=C\C/C=C\C/C=C\CCCCCCCCCCCCCCCC(=O)OC(COC(=O)CCCCCCCC/C=C\C/C=C\C/C=C\CCCCC)COC(OCC[N+](C)(C)C)C(=O)O. The number of nitrogens with zero attached hydrogens (tertiary/aromatic N) is 1. The Hall–Kier alpha value is -3.79. The van der Waals surface area contributed by atoms with Crippen molar-refractivity contribution in [1.82, 2.24) is 0 Å². The van der Waals surface area contributed by atoms with E-state index in [1.807, 2.05) is 21.1 Å². The van der Waals surface area contributed by atoms with Crippen LogP contribution in [0.2, 0.25) is 0 Å². The van der Waals surface area contributed by atoms with E-state index in [-0.39, 0.29) is 38.6 Å². The largest absolute Gasteiger partial charge is 0.477 e. The van der Waals surface area contributed by atoms with E-state index < -0.39 is 24.3 Å². The van der Waals surface area contributed by atoms with Gasteiger partial charge in [-0.15, -0.1) is 0 Å². The van der Waals surface area contributed by atoms with Crippen molar-refractivity contribution in [2.75, 3.05) is 47.5 Å². The highest BCUT2D eigenvalue weighted by Gasteiger charge is 2.25. The number of esters is 2. The minimum absolute atomic E-state index is 0.181. The molecule has 0 bridgehead atoms. The van der Waals surface area contributed by atoms with Crippen LogP contribution in [0.5, 0.6) is 0 Å². The number of hydrogen-bond donors (Lipinski definition) is 1. The van der Waals surface area contributed by atoms with Gasteiger partial charge >= 0.3 is 17.9 Å². The first-order valence-corrected chi connectivity index (χ1v) is 29.4. The minimum atomic E-state index is -1.52. The fraction of sp³-hybridized carbons (Fsp3) is 0.703. The van der Waals surface area contributed by atoms with Crippen LogP contribution in [0.25, 0.3) is 0 Å². The maximum Gasteiger partial charge on any atom is 0.361 e. The number of rotatable bonds is 53. The van der Waals surface area contributed by atoms with Gasteiger partial charge in [-0.1, -0.05) is 220 Å². The van der Waals surface area contributed by atoms with Gasteiger partial charge in [0.05, 0.1) is 34.4 Å². The lowest BCUT2D eigenvalue weighted by molar-refractivity contribution is -0.870. The molecule has 0 saturated carbocycles. The van der Waals surface area contributed by atoms with Gasteiger partial charge in [0.15, 0.2) is 6.10 Å². The van der Waals surface area contributed by atoms with Crippen LogP contribution in [0, 0.1) is 0 Å². The Morgan fingerprint density at radius 3 is 1.16 bits per heavy atom. The second-order valence-electron chi connectivity index (χ2n) is 20.6. The van der Waals surface area contributed by atoms with Crippen molar-refractivity contribution < 1.29 is 42.9 Å². The van der Waals surface area contributed by atoms with Gasteiger partial charge in [0.25, 0.3) is 6.29 Å². The Morgan fingerprint density at radius 1 is 0.425 bits per heavy atom. The number of carboxylic acid groups (broad SMARTS) is 1. The number of quaternary nitrogens is 1. The number of carbonyl (C=O) groups is 3. The molecule has 73 heavy (non-hydrogen) atoms. The standard InChI is InChI=1S/C64H109NO8/c1-6-8-10-12-14-16-18-20-22-24-26-27-28-29-30-31-32-33-34-35-37-39-41-43-45-47-49-51-53-55-62(67)73-60(59-72-64(63(68)69)70-57-56-65(3,4)5)58-71-61(66)54-52-50-48-46-44-42-40-38-36-25-23-21-19-17-15-13-11-9-7-2/h8,10,14-17,20-23,26-27,29-30,36,38,60,64H,6-7,9,11-13,18-19,24-25,28,31-35,37,39-59H2,1-5H3/p+1/b10-8-,16-14-,17-15-,22-20-,23-21-,27-26-,30-29-,38-36-. The summed E-state index contributed by atoms with van der Waals surface area (Å²) in [5, 5.41) is 9.71. The number of allylic oxidation sites excluding steroid dienone is 16. The van der Waals surface area contributed by atoms with Crippen molar-refractivity contribution in [3.63, 3.8) is 0 Å². The van der Waals surface area contributed by atoms with E-state index in [9.17, 15) is 19.5 Å². The zero-order chi connectivity index (χ0) is 53.4. The van der Waals surface area contributed by atoms with E-state index in [2.05, 4.69) is 111 Å². The van der Waals surface area contributed by atoms with Gasteiger partial charge in [0.2, 0.25) is 0 Å². The zero-order valence-electron chi connectivity index (χ0n) is 47.5. The van der Waals surface area contributed by atoms with E-state index in [4.69, 9.17) is 18.9 Å². The molecule has 1 N–H and O–H groups in total. The molecule has 0 saturated heterocycles. The van der Waals surface area contributed by atoms with Gasteiger partial charge in [-0.25, -0.2) is 4.79 Å². The Kier molecular flexibility index (Phi) is 51.6. The van der Waals surface area contributed by atoms with Gasteiger partial charge in [0, 0.05) is 12.8 Å². The molecule has 0 aromatic rings. The second kappa shape index (κ2) is 54.5. The predicted octanol–water partition coefficient (Wildman–Crippen LogP) is 17.3. The molecule has 0 spiro atoms. The average molecular weight is 1020 g/mol. The first kappa shape index (κ1) is 69.2. The van der Waals surface area contributed by atoms with Gasteiger partial charge in [-0.2, -0.15) is 0 Å². The molecule has 418 valence electrons. The molecule has 9 nitrogen and oxygen atoms in total. The number of unbranched alkanes of at least 4 members (excludes halogenated alkanes) is 22. The summed E-state index contributed by atoms with van der Waals surface area (Å²) in [5.41, 5.74) is 0. The van der Waals surface area contributed by atoms with Crippen LogP contribution in [0.1, 0.15) is 232 Å². The molecule has 0 aromatic carbocycles. The lowest BCUT2D eigenvalue weighted by atomic mass is 10.0. The van der Waals surface area contributed by atoms with E-state index in [1.54, 1.807) is 0 Å². The highest BCUT2D eigenvalue weighted by molar-refractivity contribution is 5.71. The van der Waals surface area contributed by atoms with Gasteiger partial charge < -0.3 is 28.5 Å². The summed E-state index contributed by atoms with van der Waals surface area (Å²) in [4.78, 5) is 37.4. The normalized spacial score (nSPS) is 13.5. The van der Waals surface area contributed by atoms with Crippen LogP contribution in [0.4, 0.5) is 0 Å². The van der Waals surface area contributed by atoms with E-state index >= 15 is 0 Å². The van der Waals surface area contributed by atoms with Crippen molar-refractivity contribution in [3.05, 3.63) is 97.2 Å². The first-order valence-electron chi connectivity index (χ1n) is 29.4. The summed E-state index contributed by atoms with van der Waals surface area (Å²) in [6, 6.07) is 0. The van der Waals surface area contributed by atoms with Crippen molar-refractivity contribution in [2.45, 2.75) is 245 Å². The Balaban J connectivity index is 4.25. The highest BCUT2D eigenvalue weighted by Crippen LogP contribution is 2.15. The summed E-state index contributed by atoms with van der Waals surface area (Å²) in [6.07, 6.45) is 70.5. The van der Waals surface area contributed by atoms with Crippen molar-refractivity contribution >= 4 is 17.9 Å². The van der Waals surface area contributed by atoms with Crippen LogP contribution in [-0.2, 0) is 33.3 Å². The first-order chi connectivity index (χ1) is 35.6. The summed E-state index contributed by atoms with van der Waals surface area (Å²) in [7, 11) is 5.96. The van der Waals surface area contributed by atoms with Crippen LogP contribution in [0.15, 0.2) is 97.2 Å². The third-order valence-corrected chi connectivity index (χ3v) is 12.3. The quantitative estimate of drug-likeness (QED) is 0.0211. The van der Waals surface area contributed by atoms with E-state index in [0.29, 0.717) is 17.4 Å². The fourth-order valence-electron chi connectivity index (χ4n) is 7.81. The van der Waals surface area contributed by atoms with Crippen LogP contribution < -0.4 is 0 Å². The average Bonchev–Trinajstić information content (AvgIpc) is 3.36. The molecule has 0 aromatic heterocycles. The van der Waals surface area contributed by atoms with Gasteiger partial charge in [-0.3, -0.25) is 9.59 Å². The molecule has 0 fully saturated rings. The van der Waals surface area contributed by atoms with E-state index in [0.717, 1.165) is 96.3 Å². The number of ether oxygens (including phenoxy) is 4. The maximum atomic E-state index is 12.9. The molecule has 2 atom stereocenters. The molecule has 9 heteroatoms. The molecule has 0 radical (unpaired) electrons. The number of hydrogen-bond acceptors (Lipinski definition) is 7. The van der Waals surface area contributed by atoms with Gasteiger partial charge in [0.1, 0.15) is 13.2 Å². The highest BCUT2D eigenvalue weighted by atomic mass is 16.7. The summed E-state index contributed by atoms with van der Waals surface area (Å²) in [5.74, 6) is -2.03. The third-order valence-electron chi connectivity index (χ3n) is 12.3. The molecule has 0 heterocycles. The van der Waals surface area contributed by atoms with Crippen LogP contribution >= 0.6 is 0 Å².